The van der Waals surface area contributed by atoms with Crippen molar-refractivity contribution in [1.29, 1.82) is 0 Å². The quantitative estimate of drug-likeness (QED) is 0.349. The molecule has 41 heavy (non-hydrogen) atoms. The number of aromatic nitrogens is 2. The zero-order valence-corrected chi connectivity index (χ0v) is 22.3. The molecule has 2 aliphatic rings. The van der Waals surface area contributed by atoms with Gasteiger partial charge in [0.25, 0.3) is 5.91 Å². The van der Waals surface area contributed by atoms with E-state index < -0.39 is 41.5 Å². The van der Waals surface area contributed by atoms with Crippen LogP contribution in [0.1, 0.15) is 49.0 Å². The lowest BCUT2D eigenvalue weighted by atomic mass is 9.90. The number of carbonyl (C=O) groups is 3. The van der Waals surface area contributed by atoms with Crippen molar-refractivity contribution in [2.75, 3.05) is 51.0 Å². The molecule has 1 saturated carbocycles. The molecule has 2 amide bonds. The van der Waals surface area contributed by atoms with Crippen LogP contribution in [-0.4, -0.2) is 90.0 Å². The molecule has 2 fully saturated rings. The van der Waals surface area contributed by atoms with Gasteiger partial charge < -0.3 is 30.5 Å². The van der Waals surface area contributed by atoms with Gasteiger partial charge in [0.1, 0.15) is 11.4 Å². The van der Waals surface area contributed by atoms with E-state index in [-0.39, 0.29) is 19.3 Å². The molecule has 2 atom stereocenters. The monoisotopic (exact) mass is 579 g/mol. The largest absolute Gasteiger partial charge is 0.462 e. The van der Waals surface area contributed by atoms with Crippen molar-refractivity contribution in [2.45, 2.75) is 51.4 Å². The fraction of sp³-hybridized carbons (Fsp3) is 0.519. The number of rotatable bonds is 6. The molecule has 14 heteroatoms. The number of amides is 2. The standard InChI is InChI=1S/C26H32F3N7O4.CH4/c1-35-11-13-36(14-12-35)23(38)16-7-9-17(10-8-16)31-25-30-15-18(26(27,28)29)21(34-25)32-19-5-3-4-6-20(19)33-22(37)24(39)40-2;/h7-10,15,19-20H,3-6,11-14H2,1-2H3,(H,33,37)(H2,30,31,32,34);1H4/t19-,20+;/m1./s1. The van der Waals surface area contributed by atoms with Gasteiger partial charge in [-0.05, 0) is 44.2 Å². The van der Waals surface area contributed by atoms with Gasteiger partial charge in [-0.25, -0.2) is 9.78 Å². The van der Waals surface area contributed by atoms with Crippen LogP contribution in [0.15, 0.2) is 30.5 Å². The van der Waals surface area contributed by atoms with E-state index in [1.165, 1.54) is 0 Å². The molecule has 1 aromatic heterocycles. The van der Waals surface area contributed by atoms with Crippen LogP contribution in [0.2, 0.25) is 0 Å². The van der Waals surface area contributed by atoms with E-state index in [0.29, 0.717) is 43.4 Å². The van der Waals surface area contributed by atoms with Crippen molar-refractivity contribution >= 4 is 35.2 Å². The Morgan fingerprint density at radius 2 is 1.63 bits per heavy atom. The first-order valence-corrected chi connectivity index (χ1v) is 13.0. The molecule has 0 spiro atoms. The molecule has 0 unspecified atom stereocenters. The van der Waals surface area contributed by atoms with Gasteiger partial charge in [-0.3, -0.25) is 9.59 Å². The first kappa shape index (κ1) is 31.6. The van der Waals surface area contributed by atoms with Gasteiger partial charge in [0, 0.05) is 55.7 Å². The smallest absolute Gasteiger partial charge is 0.421 e. The molecule has 1 saturated heterocycles. The maximum Gasteiger partial charge on any atom is 0.421 e. The molecular weight excluding hydrogens is 543 g/mol. The number of esters is 1. The van der Waals surface area contributed by atoms with Gasteiger partial charge in [-0.1, -0.05) is 20.3 Å². The number of ether oxygens (including phenoxy) is 1. The van der Waals surface area contributed by atoms with Crippen LogP contribution >= 0.6 is 0 Å². The Morgan fingerprint density at radius 1 is 1.00 bits per heavy atom. The Bertz CT molecular complexity index is 1220. The molecule has 0 bridgehead atoms. The first-order valence-electron chi connectivity index (χ1n) is 13.0. The number of piperazine rings is 1. The van der Waals surface area contributed by atoms with E-state index in [4.69, 9.17) is 0 Å². The molecule has 1 aliphatic heterocycles. The number of carbonyl (C=O) groups excluding carboxylic acids is 3. The number of nitrogens with zero attached hydrogens (tertiary/aromatic N) is 4. The Labute approximate surface area is 236 Å². The van der Waals surface area contributed by atoms with E-state index in [0.717, 1.165) is 33.0 Å². The number of hydrogen-bond donors (Lipinski definition) is 3. The molecule has 224 valence electrons. The van der Waals surface area contributed by atoms with Gasteiger partial charge in [-0.15, -0.1) is 0 Å². The molecule has 2 heterocycles. The van der Waals surface area contributed by atoms with E-state index in [9.17, 15) is 27.6 Å². The first-order chi connectivity index (χ1) is 19.0. The fourth-order valence-corrected chi connectivity index (χ4v) is 4.75. The summed E-state index contributed by atoms with van der Waals surface area (Å²) in [6.07, 6.45) is -1.66. The molecular formula is C27H36F3N7O4. The Kier molecular flexibility index (Phi) is 10.5. The lowest BCUT2D eigenvalue weighted by molar-refractivity contribution is -0.153. The Hall–Kier alpha value is -3.94. The predicted molar refractivity (Wildman–Crippen MR) is 147 cm³/mol. The summed E-state index contributed by atoms with van der Waals surface area (Å²) in [6, 6.07) is 5.35. The number of hydrogen-bond acceptors (Lipinski definition) is 9. The van der Waals surface area contributed by atoms with Gasteiger partial charge in [0.05, 0.1) is 7.11 Å². The number of methoxy groups -OCH3 is 1. The third kappa shape index (κ3) is 8.06. The lowest BCUT2D eigenvalue weighted by Crippen LogP contribution is -2.50. The SMILES string of the molecule is C.COC(=O)C(=O)N[C@H]1CCCC[C@H]1Nc1nc(Nc2ccc(C(=O)N3CCN(C)CC3)cc2)ncc1C(F)(F)F. The van der Waals surface area contributed by atoms with Crippen LogP contribution in [0.5, 0.6) is 0 Å². The lowest BCUT2D eigenvalue weighted by Gasteiger charge is -2.33. The summed E-state index contributed by atoms with van der Waals surface area (Å²) in [5.74, 6) is -2.66. The predicted octanol–water partition coefficient (Wildman–Crippen LogP) is 3.28. The van der Waals surface area contributed by atoms with Crippen LogP contribution in [0.4, 0.5) is 30.6 Å². The number of likely N-dealkylation sites (N-methyl/N-ethyl adjacent to an activating group) is 1. The van der Waals surface area contributed by atoms with Crippen LogP contribution in [0.3, 0.4) is 0 Å². The minimum atomic E-state index is -4.73. The highest BCUT2D eigenvalue weighted by molar-refractivity contribution is 6.32. The van der Waals surface area contributed by atoms with E-state index in [1.54, 1.807) is 29.2 Å². The second-order valence-corrected chi connectivity index (χ2v) is 9.86. The number of alkyl halides is 3. The van der Waals surface area contributed by atoms with Crippen LogP contribution in [-0.2, 0) is 20.5 Å². The van der Waals surface area contributed by atoms with Crippen LogP contribution in [0.25, 0.3) is 0 Å². The molecule has 2 aromatic rings. The van der Waals surface area contributed by atoms with Gasteiger partial charge in [0.2, 0.25) is 5.95 Å². The second-order valence-electron chi connectivity index (χ2n) is 9.86. The molecule has 1 aliphatic carbocycles. The Balaban J connectivity index is 0.00000462. The van der Waals surface area contributed by atoms with Crippen molar-refractivity contribution in [3.05, 3.63) is 41.6 Å². The summed E-state index contributed by atoms with van der Waals surface area (Å²) < 4.78 is 45.8. The summed E-state index contributed by atoms with van der Waals surface area (Å²) in [4.78, 5) is 48.2. The minimum absolute atomic E-state index is 0. The molecule has 0 radical (unpaired) electrons. The summed E-state index contributed by atoms with van der Waals surface area (Å²) in [6.45, 7) is 2.87. The Morgan fingerprint density at radius 3 is 2.24 bits per heavy atom. The summed E-state index contributed by atoms with van der Waals surface area (Å²) in [5.41, 5.74) is -0.0700. The zero-order valence-electron chi connectivity index (χ0n) is 22.3. The van der Waals surface area contributed by atoms with Crippen molar-refractivity contribution < 1.29 is 32.3 Å². The third-order valence-corrected chi connectivity index (χ3v) is 7.05. The highest BCUT2D eigenvalue weighted by Crippen LogP contribution is 2.35. The van der Waals surface area contributed by atoms with Crippen molar-refractivity contribution in [3.8, 4) is 0 Å². The normalized spacial score (nSPS) is 19.5. The maximum atomic E-state index is 13.8. The number of halogens is 3. The van der Waals surface area contributed by atoms with Crippen LogP contribution < -0.4 is 16.0 Å². The van der Waals surface area contributed by atoms with E-state index in [2.05, 4.69) is 35.6 Å². The number of benzene rings is 1. The van der Waals surface area contributed by atoms with Gasteiger partial charge in [-0.2, -0.15) is 18.2 Å². The van der Waals surface area contributed by atoms with Crippen molar-refractivity contribution in [1.82, 2.24) is 25.1 Å². The molecule has 3 N–H and O–H groups in total. The summed E-state index contributed by atoms with van der Waals surface area (Å²) in [5, 5.41) is 8.26. The van der Waals surface area contributed by atoms with Crippen molar-refractivity contribution in [3.63, 3.8) is 0 Å². The number of nitrogens with one attached hydrogen (secondary N) is 3. The van der Waals surface area contributed by atoms with Gasteiger partial charge >= 0.3 is 18.1 Å². The zero-order chi connectivity index (χ0) is 28.9. The number of anilines is 3. The molecule has 1 aromatic carbocycles. The van der Waals surface area contributed by atoms with E-state index >= 15 is 0 Å². The highest BCUT2D eigenvalue weighted by atomic mass is 19.4. The second kappa shape index (κ2) is 13.6. The average molecular weight is 580 g/mol. The maximum absolute atomic E-state index is 13.8. The highest BCUT2D eigenvalue weighted by Gasteiger charge is 2.37. The van der Waals surface area contributed by atoms with E-state index in [1.807, 2.05) is 7.05 Å². The van der Waals surface area contributed by atoms with Gasteiger partial charge in [0.15, 0.2) is 0 Å². The van der Waals surface area contributed by atoms with Crippen molar-refractivity contribution in [2.24, 2.45) is 0 Å². The molecule has 11 nitrogen and oxygen atoms in total. The topological polar surface area (TPSA) is 129 Å². The van der Waals surface area contributed by atoms with Crippen LogP contribution in [0, 0.1) is 0 Å². The average Bonchev–Trinajstić information content (AvgIpc) is 2.93. The fourth-order valence-electron chi connectivity index (χ4n) is 4.75. The molecule has 4 rings (SSSR count). The third-order valence-electron chi connectivity index (χ3n) is 7.05. The summed E-state index contributed by atoms with van der Waals surface area (Å²) >= 11 is 0. The summed E-state index contributed by atoms with van der Waals surface area (Å²) in [7, 11) is 3.07. The minimum Gasteiger partial charge on any atom is -0.462 e.